The van der Waals surface area contributed by atoms with Crippen LogP contribution in [0.5, 0.6) is 0 Å². The molecule has 0 aliphatic heterocycles. The summed E-state index contributed by atoms with van der Waals surface area (Å²) in [5, 5.41) is 12.7. The van der Waals surface area contributed by atoms with Crippen LogP contribution in [0.3, 0.4) is 0 Å². The molecule has 1 amide bonds. The molecule has 7 heteroatoms. The lowest BCUT2D eigenvalue weighted by Crippen LogP contribution is -2.29. The van der Waals surface area contributed by atoms with Gasteiger partial charge >= 0.3 is 0 Å². The summed E-state index contributed by atoms with van der Waals surface area (Å²) >= 11 is 2.68. The van der Waals surface area contributed by atoms with Gasteiger partial charge in [-0.2, -0.15) is 8.75 Å². The van der Waals surface area contributed by atoms with E-state index in [0.29, 0.717) is 11.5 Å². The van der Waals surface area contributed by atoms with Gasteiger partial charge in [-0.05, 0) is 12.5 Å². The van der Waals surface area contributed by atoms with Crippen LogP contribution in [0.15, 0.2) is 30.3 Å². The predicted molar refractivity (Wildman–Crippen MR) is 85.2 cm³/mol. The molecule has 0 spiro atoms. The third kappa shape index (κ3) is 5.11. The van der Waals surface area contributed by atoms with Gasteiger partial charge in [-0.25, -0.2) is 0 Å². The maximum Gasteiger partial charge on any atom is 0.230 e. The summed E-state index contributed by atoms with van der Waals surface area (Å²) in [7, 11) is 0. The van der Waals surface area contributed by atoms with E-state index in [1.807, 2.05) is 37.3 Å². The van der Waals surface area contributed by atoms with Gasteiger partial charge in [0.15, 0.2) is 0 Å². The number of aliphatic hydroxyl groups excluding tert-OH is 1. The van der Waals surface area contributed by atoms with Gasteiger partial charge in [0.05, 0.1) is 35.0 Å². The largest absolute Gasteiger partial charge is 0.387 e. The highest BCUT2D eigenvalue weighted by Crippen LogP contribution is 2.14. The minimum absolute atomic E-state index is 0.0872. The molecule has 0 aliphatic carbocycles. The molecule has 1 aromatic heterocycles. The molecule has 1 heterocycles. The predicted octanol–water partition coefficient (Wildman–Crippen LogP) is 1.93. The zero-order valence-corrected chi connectivity index (χ0v) is 13.3. The number of thioether (sulfide) groups is 1. The third-order valence-electron chi connectivity index (χ3n) is 2.90. The molecule has 0 radical (unpaired) electrons. The van der Waals surface area contributed by atoms with Gasteiger partial charge in [-0.1, -0.05) is 30.3 Å². The Labute approximate surface area is 132 Å². The number of rotatable bonds is 7. The van der Waals surface area contributed by atoms with Gasteiger partial charge in [-0.3, -0.25) is 4.79 Å². The van der Waals surface area contributed by atoms with Crippen molar-refractivity contribution in [2.45, 2.75) is 18.8 Å². The van der Waals surface area contributed by atoms with Crippen molar-refractivity contribution in [3.8, 4) is 0 Å². The van der Waals surface area contributed by atoms with Crippen molar-refractivity contribution in [3.63, 3.8) is 0 Å². The van der Waals surface area contributed by atoms with Crippen molar-refractivity contribution >= 4 is 29.4 Å². The Kier molecular flexibility index (Phi) is 6.16. The topological polar surface area (TPSA) is 75.1 Å². The van der Waals surface area contributed by atoms with E-state index in [-0.39, 0.29) is 12.5 Å². The lowest BCUT2D eigenvalue weighted by Gasteiger charge is -2.12. The molecular weight excluding hydrogens is 306 g/mol. The monoisotopic (exact) mass is 323 g/mol. The van der Waals surface area contributed by atoms with E-state index in [2.05, 4.69) is 14.1 Å². The number of amides is 1. The number of carbonyl (C=O) groups is 1. The molecule has 2 aromatic rings. The number of benzene rings is 1. The Morgan fingerprint density at radius 2 is 2.14 bits per heavy atom. The minimum Gasteiger partial charge on any atom is -0.387 e. The van der Waals surface area contributed by atoms with Crippen molar-refractivity contribution in [2.75, 3.05) is 12.3 Å². The summed E-state index contributed by atoms with van der Waals surface area (Å²) < 4.78 is 8.26. The summed E-state index contributed by atoms with van der Waals surface area (Å²) in [5.74, 6) is 0.936. The summed E-state index contributed by atoms with van der Waals surface area (Å²) in [4.78, 5) is 11.7. The van der Waals surface area contributed by atoms with Gasteiger partial charge in [0, 0.05) is 12.3 Å². The van der Waals surface area contributed by atoms with Gasteiger partial charge in [-0.15, -0.1) is 11.8 Å². The van der Waals surface area contributed by atoms with Crippen molar-refractivity contribution in [1.29, 1.82) is 0 Å². The number of aryl methyl sites for hydroxylation is 1. The van der Waals surface area contributed by atoms with Gasteiger partial charge in [0.1, 0.15) is 0 Å². The number of aromatic nitrogens is 2. The van der Waals surface area contributed by atoms with E-state index in [0.717, 1.165) is 17.0 Å². The number of nitrogens with one attached hydrogen (secondary N) is 1. The molecule has 0 aliphatic rings. The number of hydrogen-bond acceptors (Lipinski definition) is 6. The Morgan fingerprint density at radius 3 is 2.81 bits per heavy atom. The van der Waals surface area contributed by atoms with Crippen LogP contribution >= 0.6 is 23.5 Å². The first-order chi connectivity index (χ1) is 10.2. The van der Waals surface area contributed by atoms with Crippen LogP contribution in [-0.2, 0) is 10.5 Å². The first-order valence-electron chi connectivity index (χ1n) is 6.52. The molecule has 0 bridgehead atoms. The molecule has 1 atom stereocenters. The number of aliphatic hydroxyl groups is 1. The van der Waals surface area contributed by atoms with Crippen LogP contribution < -0.4 is 5.32 Å². The molecule has 0 saturated carbocycles. The normalized spacial score (nSPS) is 12.1. The molecule has 0 fully saturated rings. The molecule has 2 N–H and O–H groups in total. The van der Waals surface area contributed by atoms with E-state index in [1.54, 1.807) is 0 Å². The second-order valence-electron chi connectivity index (χ2n) is 4.52. The first-order valence-corrected chi connectivity index (χ1v) is 8.41. The fourth-order valence-corrected chi connectivity index (χ4v) is 3.18. The zero-order valence-electron chi connectivity index (χ0n) is 11.7. The molecule has 1 unspecified atom stereocenters. The molecule has 0 saturated heterocycles. The lowest BCUT2D eigenvalue weighted by molar-refractivity contribution is -0.119. The summed E-state index contributed by atoms with van der Waals surface area (Å²) in [6.07, 6.45) is -0.676. The lowest BCUT2D eigenvalue weighted by atomic mass is 10.1. The zero-order chi connectivity index (χ0) is 15.1. The highest BCUT2D eigenvalue weighted by Gasteiger charge is 2.10. The SMILES string of the molecule is Cc1nsnc1CSCC(=O)NCC(O)c1ccccc1. The van der Waals surface area contributed by atoms with E-state index < -0.39 is 6.10 Å². The van der Waals surface area contributed by atoms with E-state index in [9.17, 15) is 9.90 Å². The molecule has 5 nitrogen and oxygen atoms in total. The summed E-state index contributed by atoms with van der Waals surface area (Å²) in [6.45, 7) is 2.14. The van der Waals surface area contributed by atoms with Crippen molar-refractivity contribution < 1.29 is 9.90 Å². The minimum atomic E-state index is -0.676. The van der Waals surface area contributed by atoms with E-state index in [1.165, 1.54) is 23.5 Å². The molecule has 21 heavy (non-hydrogen) atoms. The fourth-order valence-electron chi connectivity index (χ4n) is 1.68. The quantitative estimate of drug-likeness (QED) is 0.814. The maximum atomic E-state index is 11.7. The first kappa shape index (κ1) is 15.9. The highest BCUT2D eigenvalue weighted by atomic mass is 32.2. The average Bonchev–Trinajstić information content (AvgIpc) is 2.91. The van der Waals surface area contributed by atoms with Crippen LogP contribution in [0.1, 0.15) is 23.1 Å². The van der Waals surface area contributed by atoms with Crippen LogP contribution in [0.25, 0.3) is 0 Å². The van der Waals surface area contributed by atoms with Crippen molar-refractivity contribution in [1.82, 2.24) is 14.1 Å². The number of carbonyl (C=O) groups excluding carboxylic acids is 1. The Bertz CT molecular complexity index is 575. The van der Waals surface area contributed by atoms with Gasteiger partial charge in [0.2, 0.25) is 5.91 Å². The second-order valence-corrected chi connectivity index (χ2v) is 6.03. The second kappa shape index (κ2) is 8.11. The van der Waals surface area contributed by atoms with Crippen molar-refractivity contribution in [3.05, 3.63) is 47.3 Å². The molecular formula is C14H17N3O2S2. The van der Waals surface area contributed by atoms with Crippen LogP contribution in [0.2, 0.25) is 0 Å². The highest BCUT2D eigenvalue weighted by molar-refractivity contribution is 7.99. The summed E-state index contributed by atoms with van der Waals surface area (Å²) in [5.41, 5.74) is 2.66. The van der Waals surface area contributed by atoms with E-state index in [4.69, 9.17) is 0 Å². The fraction of sp³-hybridized carbons (Fsp3) is 0.357. The smallest absolute Gasteiger partial charge is 0.230 e. The third-order valence-corrected chi connectivity index (χ3v) is 4.50. The Hall–Kier alpha value is -1.44. The molecule has 112 valence electrons. The van der Waals surface area contributed by atoms with Crippen LogP contribution in [0, 0.1) is 6.92 Å². The van der Waals surface area contributed by atoms with Crippen LogP contribution in [-0.4, -0.2) is 32.1 Å². The summed E-state index contributed by atoms with van der Waals surface area (Å²) in [6, 6.07) is 9.29. The van der Waals surface area contributed by atoms with Gasteiger partial charge < -0.3 is 10.4 Å². The standard InChI is InChI=1S/C14H17N3O2S2/c1-10-12(17-21-16-10)8-20-9-14(19)15-7-13(18)11-5-3-2-4-6-11/h2-6,13,18H,7-9H2,1H3,(H,15,19). The molecule has 2 rings (SSSR count). The number of nitrogens with zero attached hydrogens (tertiary/aromatic N) is 2. The van der Waals surface area contributed by atoms with Gasteiger partial charge in [0.25, 0.3) is 0 Å². The maximum absolute atomic E-state index is 11.7. The number of hydrogen-bond donors (Lipinski definition) is 2. The Morgan fingerprint density at radius 1 is 1.38 bits per heavy atom. The molecule has 1 aromatic carbocycles. The average molecular weight is 323 g/mol. The van der Waals surface area contributed by atoms with E-state index >= 15 is 0 Å². The van der Waals surface area contributed by atoms with Crippen molar-refractivity contribution in [2.24, 2.45) is 0 Å². The van der Waals surface area contributed by atoms with Crippen LogP contribution in [0.4, 0.5) is 0 Å². The Balaban J connectivity index is 1.67.